The molecule has 0 aliphatic carbocycles. The molecule has 0 aromatic carbocycles. The smallest absolute Gasteiger partial charge is 0.410 e. The summed E-state index contributed by atoms with van der Waals surface area (Å²) in [4.78, 5) is 37.0. The molecule has 1 aliphatic rings. The first-order chi connectivity index (χ1) is 12.7. The van der Waals surface area contributed by atoms with Gasteiger partial charge in [-0.15, -0.1) is 0 Å². The van der Waals surface area contributed by atoms with E-state index in [1.165, 1.54) is 17.1 Å². The summed E-state index contributed by atoms with van der Waals surface area (Å²) in [6, 6.07) is 0. The molecule has 0 bridgehead atoms. The second-order valence-electron chi connectivity index (χ2n) is 6.90. The Morgan fingerprint density at radius 2 is 1.41 bits per heavy atom. The van der Waals surface area contributed by atoms with E-state index < -0.39 is 5.60 Å². The topological polar surface area (TPSA) is 94.6 Å². The van der Waals surface area contributed by atoms with Crippen molar-refractivity contribution < 1.29 is 33.3 Å². The van der Waals surface area contributed by atoms with Gasteiger partial charge in [-0.05, 0) is 20.8 Å². The molecule has 0 aromatic rings. The molecular weight excluding hydrogens is 356 g/mol. The number of carbonyl (C=O) groups is 3. The van der Waals surface area contributed by atoms with E-state index in [1.807, 2.05) is 20.8 Å². The van der Waals surface area contributed by atoms with Crippen molar-refractivity contribution in [2.45, 2.75) is 26.4 Å². The van der Waals surface area contributed by atoms with Crippen molar-refractivity contribution in [3.05, 3.63) is 12.2 Å². The van der Waals surface area contributed by atoms with E-state index in [1.54, 1.807) is 7.05 Å². The number of imide groups is 1. The highest BCUT2D eigenvalue weighted by Crippen LogP contribution is 2.08. The first-order valence-electron chi connectivity index (χ1n) is 8.91. The normalized spacial score (nSPS) is 14.1. The Morgan fingerprint density at radius 3 is 1.93 bits per heavy atom. The number of ether oxygens (including phenoxy) is 4. The quantitative estimate of drug-likeness (QED) is 0.362. The summed E-state index contributed by atoms with van der Waals surface area (Å²) >= 11 is 0. The number of nitrogens with zero attached hydrogens (tertiary/aromatic N) is 2. The second-order valence-corrected chi connectivity index (χ2v) is 6.90. The largest absolute Gasteiger partial charge is 0.444 e. The molecule has 9 heteroatoms. The monoisotopic (exact) mass is 386 g/mol. The van der Waals surface area contributed by atoms with Crippen molar-refractivity contribution in [2.75, 3.05) is 59.8 Å². The van der Waals surface area contributed by atoms with Crippen molar-refractivity contribution in [3.8, 4) is 0 Å². The predicted molar refractivity (Wildman–Crippen MR) is 97.2 cm³/mol. The summed E-state index contributed by atoms with van der Waals surface area (Å²) in [7, 11) is 1.66. The van der Waals surface area contributed by atoms with Crippen molar-refractivity contribution >= 4 is 17.9 Å². The molecule has 0 spiro atoms. The molecule has 154 valence electrons. The first kappa shape index (κ1) is 23.1. The zero-order valence-electron chi connectivity index (χ0n) is 16.6. The van der Waals surface area contributed by atoms with E-state index in [0.717, 1.165) is 4.90 Å². The maximum absolute atomic E-state index is 11.7. The highest BCUT2D eigenvalue weighted by atomic mass is 16.6. The van der Waals surface area contributed by atoms with Crippen molar-refractivity contribution in [3.63, 3.8) is 0 Å². The maximum Gasteiger partial charge on any atom is 0.410 e. The van der Waals surface area contributed by atoms with Gasteiger partial charge in [0.05, 0.1) is 46.2 Å². The third-order valence-electron chi connectivity index (χ3n) is 3.38. The molecule has 3 amide bonds. The van der Waals surface area contributed by atoms with Crippen LogP contribution in [0.25, 0.3) is 0 Å². The SMILES string of the molecule is CN(CCOCCOCCOCCN1C(=O)C=CC1=O)C(=O)OC(C)(C)C. The van der Waals surface area contributed by atoms with Crippen LogP contribution in [-0.4, -0.2) is 93.1 Å². The van der Waals surface area contributed by atoms with Gasteiger partial charge in [0, 0.05) is 25.7 Å². The summed E-state index contributed by atoms with van der Waals surface area (Å²) in [5.74, 6) is -0.622. The first-order valence-corrected chi connectivity index (χ1v) is 8.91. The fraction of sp³-hybridized carbons (Fsp3) is 0.722. The molecule has 0 saturated heterocycles. The van der Waals surface area contributed by atoms with Crippen LogP contribution in [0.5, 0.6) is 0 Å². The number of likely N-dealkylation sites (N-methyl/N-ethyl adjacent to an activating group) is 1. The van der Waals surface area contributed by atoms with Crippen LogP contribution in [-0.2, 0) is 28.5 Å². The fourth-order valence-electron chi connectivity index (χ4n) is 1.98. The van der Waals surface area contributed by atoms with Gasteiger partial charge in [-0.25, -0.2) is 4.79 Å². The van der Waals surface area contributed by atoms with Crippen molar-refractivity contribution in [2.24, 2.45) is 0 Å². The molecule has 0 atom stereocenters. The maximum atomic E-state index is 11.7. The minimum atomic E-state index is -0.515. The zero-order valence-corrected chi connectivity index (χ0v) is 16.6. The fourth-order valence-corrected chi connectivity index (χ4v) is 1.98. The van der Waals surface area contributed by atoms with E-state index in [4.69, 9.17) is 18.9 Å². The molecule has 9 nitrogen and oxygen atoms in total. The second kappa shape index (κ2) is 11.7. The number of hydrogen-bond acceptors (Lipinski definition) is 7. The van der Waals surface area contributed by atoms with E-state index in [9.17, 15) is 14.4 Å². The number of hydrogen-bond donors (Lipinski definition) is 0. The molecule has 1 aliphatic heterocycles. The summed E-state index contributed by atoms with van der Waals surface area (Å²) in [5.41, 5.74) is -0.515. The van der Waals surface area contributed by atoms with Crippen LogP contribution in [0, 0.1) is 0 Å². The molecule has 0 aromatic heterocycles. The van der Waals surface area contributed by atoms with Crippen LogP contribution >= 0.6 is 0 Å². The number of amides is 3. The lowest BCUT2D eigenvalue weighted by atomic mass is 10.2. The molecule has 0 radical (unpaired) electrons. The van der Waals surface area contributed by atoms with Crippen molar-refractivity contribution in [1.29, 1.82) is 0 Å². The van der Waals surface area contributed by atoms with Crippen LogP contribution in [0.4, 0.5) is 4.79 Å². The lowest BCUT2D eigenvalue weighted by Gasteiger charge is -2.24. The van der Waals surface area contributed by atoms with Gasteiger partial charge >= 0.3 is 6.09 Å². The minimum absolute atomic E-state index is 0.235. The van der Waals surface area contributed by atoms with Crippen LogP contribution in [0.1, 0.15) is 20.8 Å². The van der Waals surface area contributed by atoms with Gasteiger partial charge < -0.3 is 23.8 Å². The highest BCUT2D eigenvalue weighted by molar-refractivity contribution is 6.12. The van der Waals surface area contributed by atoms with Crippen LogP contribution in [0.2, 0.25) is 0 Å². The van der Waals surface area contributed by atoms with Crippen LogP contribution in [0.15, 0.2) is 12.2 Å². The summed E-state index contributed by atoms with van der Waals surface area (Å²) in [6.07, 6.45) is 2.11. The average Bonchev–Trinajstić information content (AvgIpc) is 2.89. The zero-order chi connectivity index (χ0) is 20.3. The van der Waals surface area contributed by atoms with Gasteiger partial charge in [-0.2, -0.15) is 0 Å². The number of carbonyl (C=O) groups excluding carboxylic acids is 3. The Hall–Kier alpha value is -1.97. The Balaban J connectivity index is 1.90. The molecule has 0 N–H and O–H groups in total. The highest BCUT2D eigenvalue weighted by Gasteiger charge is 2.22. The van der Waals surface area contributed by atoms with Crippen molar-refractivity contribution in [1.82, 2.24) is 9.80 Å². The summed E-state index contributed by atoms with van der Waals surface area (Å²) in [6.45, 7) is 8.36. The van der Waals surface area contributed by atoms with Crippen LogP contribution < -0.4 is 0 Å². The van der Waals surface area contributed by atoms with E-state index in [2.05, 4.69) is 0 Å². The summed E-state index contributed by atoms with van der Waals surface area (Å²) in [5, 5.41) is 0. The molecule has 0 unspecified atom stereocenters. The lowest BCUT2D eigenvalue weighted by molar-refractivity contribution is -0.137. The Kier molecular flexibility index (Phi) is 9.98. The molecule has 0 fully saturated rings. The van der Waals surface area contributed by atoms with Gasteiger partial charge in [-0.3, -0.25) is 14.5 Å². The predicted octanol–water partition coefficient (Wildman–Crippen LogP) is 0.828. The Morgan fingerprint density at radius 1 is 0.926 bits per heavy atom. The van der Waals surface area contributed by atoms with E-state index >= 15 is 0 Å². The van der Waals surface area contributed by atoms with Crippen LogP contribution in [0.3, 0.4) is 0 Å². The molecule has 27 heavy (non-hydrogen) atoms. The van der Waals surface area contributed by atoms with Gasteiger partial charge in [0.1, 0.15) is 5.60 Å². The standard InChI is InChI=1S/C18H30N2O7/c1-18(2,3)27-17(23)19(4)7-9-24-11-13-26-14-12-25-10-8-20-15(21)5-6-16(20)22/h5-6H,7-14H2,1-4H3. The third kappa shape index (κ3) is 10.1. The number of rotatable bonds is 12. The van der Waals surface area contributed by atoms with Gasteiger partial charge in [0.15, 0.2) is 0 Å². The molecule has 1 heterocycles. The lowest BCUT2D eigenvalue weighted by Crippen LogP contribution is -2.36. The van der Waals surface area contributed by atoms with E-state index in [-0.39, 0.29) is 31.1 Å². The minimum Gasteiger partial charge on any atom is -0.444 e. The summed E-state index contributed by atoms with van der Waals surface area (Å²) < 4.78 is 21.3. The molecular formula is C18H30N2O7. The van der Waals surface area contributed by atoms with E-state index in [0.29, 0.717) is 39.6 Å². The van der Waals surface area contributed by atoms with Gasteiger partial charge in [0.25, 0.3) is 11.8 Å². The molecule has 0 saturated carbocycles. The van der Waals surface area contributed by atoms with Gasteiger partial charge in [-0.1, -0.05) is 0 Å². The Labute approximate surface area is 160 Å². The Bertz CT molecular complexity index is 510. The average molecular weight is 386 g/mol. The molecule has 1 rings (SSSR count). The van der Waals surface area contributed by atoms with Gasteiger partial charge in [0.2, 0.25) is 0 Å². The third-order valence-corrected chi connectivity index (χ3v) is 3.38.